The van der Waals surface area contributed by atoms with Gasteiger partial charge in [0.1, 0.15) is 5.75 Å². The van der Waals surface area contributed by atoms with Crippen LogP contribution >= 0.6 is 0 Å². The molecule has 122 valence electrons. The van der Waals surface area contributed by atoms with Crippen LogP contribution < -0.4 is 10.1 Å². The Morgan fingerprint density at radius 1 is 1.36 bits per heavy atom. The molecule has 1 heterocycles. The Balaban J connectivity index is 1.66. The Hall–Kier alpha value is -1.59. The van der Waals surface area contributed by atoms with Crippen molar-refractivity contribution in [2.75, 3.05) is 19.8 Å². The van der Waals surface area contributed by atoms with E-state index < -0.39 is 6.10 Å². The number of carbonyl (C=O) groups is 1. The zero-order chi connectivity index (χ0) is 15.8. The summed E-state index contributed by atoms with van der Waals surface area (Å²) in [5, 5.41) is 12.9. The second-order valence-corrected chi connectivity index (χ2v) is 5.67. The van der Waals surface area contributed by atoms with Gasteiger partial charge in [0.25, 0.3) is 5.91 Å². The molecule has 0 unspecified atom stereocenters. The number of rotatable bonds is 7. The second kappa shape index (κ2) is 8.76. The molecule has 0 spiro atoms. The van der Waals surface area contributed by atoms with Crippen LogP contribution in [0, 0.1) is 5.92 Å². The van der Waals surface area contributed by atoms with E-state index in [9.17, 15) is 9.90 Å². The number of para-hydroxylation sites is 1. The Morgan fingerprint density at radius 3 is 2.73 bits per heavy atom. The molecule has 1 fully saturated rings. The van der Waals surface area contributed by atoms with Crippen LogP contribution in [-0.4, -0.2) is 43.0 Å². The van der Waals surface area contributed by atoms with Crippen LogP contribution in [0.3, 0.4) is 0 Å². The zero-order valence-corrected chi connectivity index (χ0v) is 13.0. The summed E-state index contributed by atoms with van der Waals surface area (Å²) in [7, 11) is 0. The molecule has 1 aromatic carbocycles. The van der Waals surface area contributed by atoms with Gasteiger partial charge in [-0.25, -0.2) is 0 Å². The highest BCUT2D eigenvalue weighted by Gasteiger charge is 2.22. The third-order valence-electron chi connectivity index (χ3n) is 3.97. The maximum Gasteiger partial charge on any atom is 0.260 e. The van der Waals surface area contributed by atoms with E-state index in [1.54, 1.807) is 6.92 Å². The molecule has 2 atom stereocenters. The fourth-order valence-corrected chi connectivity index (χ4v) is 2.58. The lowest BCUT2D eigenvalue weighted by Gasteiger charge is -2.26. The quantitative estimate of drug-likeness (QED) is 0.805. The first-order valence-electron chi connectivity index (χ1n) is 7.92. The van der Waals surface area contributed by atoms with Crippen molar-refractivity contribution < 1.29 is 19.4 Å². The lowest BCUT2D eigenvalue weighted by Crippen LogP contribution is -2.38. The summed E-state index contributed by atoms with van der Waals surface area (Å²) >= 11 is 0. The molecule has 0 radical (unpaired) electrons. The number of nitrogens with one attached hydrogen (secondary N) is 1. The number of aliphatic hydroxyl groups excluding tert-OH is 1. The highest BCUT2D eigenvalue weighted by atomic mass is 16.5. The molecule has 2 N–H and O–H groups in total. The topological polar surface area (TPSA) is 67.8 Å². The molecule has 1 aliphatic rings. The first kappa shape index (κ1) is 16.8. The number of ether oxygens (including phenoxy) is 2. The van der Waals surface area contributed by atoms with Crippen LogP contribution in [0.4, 0.5) is 0 Å². The molecule has 0 saturated carbocycles. The van der Waals surface area contributed by atoms with Crippen molar-refractivity contribution in [2.24, 2.45) is 5.92 Å². The van der Waals surface area contributed by atoms with Gasteiger partial charge < -0.3 is 19.9 Å². The minimum atomic E-state index is -0.553. The number of hydrogen-bond donors (Lipinski definition) is 2. The first-order valence-corrected chi connectivity index (χ1v) is 7.92. The minimum absolute atomic E-state index is 0.164. The zero-order valence-electron chi connectivity index (χ0n) is 13.0. The SMILES string of the molecule is C[C@@H](Oc1ccccc1)C(=O)NCC[C@@H](O)C1CCOCC1. The standard InChI is InChI=1S/C17H25NO4/c1-13(22-15-5-3-2-4-6-15)17(20)18-10-7-16(19)14-8-11-21-12-9-14/h2-6,13-14,16,19H,7-12H2,1H3,(H,18,20)/t13-,16-/m1/s1. The monoisotopic (exact) mass is 307 g/mol. The van der Waals surface area contributed by atoms with Crippen molar-refractivity contribution in [1.29, 1.82) is 0 Å². The highest BCUT2D eigenvalue weighted by molar-refractivity contribution is 5.80. The maximum atomic E-state index is 12.0. The van der Waals surface area contributed by atoms with Gasteiger partial charge in [0, 0.05) is 19.8 Å². The number of hydrogen-bond acceptors (Lipinski definition) is 4. The van der Waals surface area contributed by atoms with Crippen molar-refractivity contribution in [3.05, 3.63) is 30.3 Å². The van der Waals surface area contributed by atoms with Crippen LogP contribution in [0.5, 0.6) is 5.75 Å². The van der Waals surface area contributed by atoms with E-state index in [2.05, 4.69) is 5.32 Å². The summed E-state index contributed by atoms with van der Waals surface area (Å²) in [5.41, 5.74) is 0. The molecular formula is C17H25NO4. The molecule has 1 aliphatic heterocycles. The lowest BCUT2D eigenvalue weighted by molar-refractivity contribution is -0.127. The molecule has 5 heteroatoms. The van der Waals surface area contributed by atoms with E-state index in [0.717, 1.165) is 26.1 Å². The largest absolute Gasteiger partial charge is 0.481 e. The van der Waals surface area contributed by atoms with Gasteiger partial charge in [-0.2, -0.15) is 0 Å². The molecule has 22 heavy (non-hydrogen) atoms. The Morgan fingerprint density at radius 2 is 2.05 bits per heavy atom. The van der Waals surface area contributed by atoms with Gasteiger partial charge in [0.2, 0.25) is 0 Å². The predicted molar refractivity (Wildman–Crippen MR) is 83.7 cm³/mol. The fraction of sp³-hybridized carbons (Fsp3) is 0.588. The van der Waals surface area contributed by atoms with Crippen LogP contribution in [0.25, 0.3) is 0 Å². The van der Waals surface area contributed by atoms with Crippen molar-refractivity contribution in [1.82, 2.24) is 5.32 Å². The van der Waals surface area contributed by atoms with Crippen LogP contribution in [0.15, 0.2) is 30.3 Å². The molecule has 0 bridgehead atoms. The highest BCUT2D eigenvalue weighted by Crippen LogP contribution is 2.20. The van der Waals surface area contributed by atoms with Crippen molar-refractivity contribution in [3.8, 4) is 5.75 Å². The molecule has 2 rings (SSSR count). The molecular weight excluding hydrogens is 282 g/mol. The molecule has 1 amide bonds. The van der Waals surface area contributed by atoms with Gasteiger partial charge in [-0.05, 0) is 44.2 Å². The Labute approximate surface area is 131 Å². The number of aliphatic hydroxyl groups is 1. The van der Waals surface area contributed by atoms with E-state index in [1.807, 2.05) is 30.3 Å². The smallest absolute Gasteiger partial charge is 0.260 e. The van der Waals surface area contributed by atoms with Crippen molar-refractivity contribution in [3.63, 3.8) is 0 Å². The van der Waals surface area contributed by atoms with E-state index >= 15 is 0 Å². The molecule has 1 aromatic rings. The fourth-order valence-electron chi connectivity index (χ4n) is 2.58. The predicted octanol–water partition coefficient (Wildman–Crippen LogP) is 1.75. The lowest BCUT2D eigenvalue weighted by atomic mass is 9.92. The summed E-state index contributed by atoms with van der Waals surface area (Å²) in [4.78, 5) is 12.0. The van der Waals surface area contributed by atoms with Crippen LogP contribution in [-0.2, 0) is 9.53 Å². The molecule has 5 nitrogen and oxygen atoms in total. The minimum Gasteiger partial charge on any atom is -0.481 e. The second-order valence-electron chi connectivity index (χ2n) is 5.67. The van der Waals surface area contributed by atoms with E-state index in [-0.39, 0.29) is 17.9 Å². The van der Waals surface area contributed by atoms with Gasteiger partial charge in [0.15, 0.2) is 6.10 Å². The normalized spacial score (nSPS) is 18.5. The first-order chi connectivity index (χ1) is 10.7. The molecule has 0 aliphatic carbocycles. The van der Waals surface area contributed by atoms with Gasteiger partial charge in [-0.1, -0.05) is 18.2 Å². The summed E-state index contributed by atoms with van der Waals surface area (Å²) in [6, 6.07) is 9.26. The maximum absolute atomic E-state index is 12.0. The van der Waals surface area contributed by atoms with Crippen LogP contribution in [0.2, 0.25) is 0 Å². The van der Waals surface area contributed by atoms with Crippen molar-refractivity contribution in [2.45, 2.75) is 38.4 Å². The molecule has 0 aromatic heterocycles. The number of carbonyl (C=O) groups excluding carboxylic acids is 1. The van der Waals surface area contributed by atoms with E-state index in [4.69, 9.17) is 9.47 Å². The number of benzene rings is 1. The van der Waals surface area contributed by atoms with E-state index in [1.165, 1.54) is 0 Å². The summed E-state index contributed by atoms with van der Waals surface area (Å²) < 4.78 is 10.8. The van der Waals surface area contributed by atoms with Crippen LogP contribution in [0.1, 0.15) is 26.2 Å². The van der Waals surface area contributed by atoms with E-state index in [0.29, 0.717) is 18.7 Å². The van der Waals surface area contributed by atoms with Gasteiger partial charge in [0.05, 0.1) is 6.10 Å². The van der Waals surface area contributed by atoms with Gasteiger partial charge in [-0.15, -0.1) is 0 Å². The summed E-state index contributed by atoms with van der Waals surface area (Å²) in [5.74, 6) is 0.791. The third-order valence-corrected chi connectivity index (χ3v) is 3.97. The third kappa shape index (κ3) is 5.31. The van der Waals surface area contributed by atoms with Crippen molar-refractivity contribution >= 4 is 5.91 Å². The summed E-state index contributed by atoms with van der Waals surface area (Å²) in [6.45, 7) is 3.61. The average Bonchev–Trinajstić information content (AvgIpc) is 2.56. The summed E-state index contributed by atoms with van der Waals surface area (Å²) in [6.07, 6.45) is 1.41. The average molecular weight is 307 g/mol. The number of amides is 1. The van der Waals surface area contributed by atoms with Gasteiger partial charge in [-0.3, -0.25) is 4.79 Å². The molecule has 1 saturated heterocycles. The van der Waals surface area contributed by atoms with Gasteiger partial charge >= 0.3 is 0 Å². The Bertz CT molecular complexity index is 445. The Kier molecular flexibility index (Phi) is 6.68.